The van der Waals surface area contributed by atoms with Gasteiger partial charge in [0.05, 0.1) is 17.4 Å². The SMILES string of the molecule is C#CCNC(=O)c1ccc2c(=O)n(C)c(=S)[nH]c2c1. The van der Waals surface area contributed by atoms with Crippen LogP contribution in [0, 0.1) is 17.1 Å². The maximum Gasteiger partial charge on any atom is 0.261 e. The monoisotopic (exact) mass is 273 g/mol. The number of nitrogens with zero attached hydrogens (tertiary/aromatic N) is 1. The zero-order chi connectivity index (χ0) is 14.0. The molecule has 0 aliphatic heterocycles. The summed E-state index contributed by atoms with van der Waals surface area (Å²) in [5.74, 6) is 2.03. The lowest BCUT2D eigenvalue weighted by Crippen LogP contribution is -2.24. The average molecular weight is 273 g/mol. The smallest absolute Gasteiger partial charge is 0.261 e. The van der Waals surface area contributed by atoms with Gasteiger partial charge in [0.1, 0.15) is 0 Å². The van der Waals surface area contributed by atoms with Crippen LogP contribution in [0.25, 0.3) is 10.9 Å². The van der Waals surface area contributed by atoms with Crippen LogP contribution < -0.4 is 10.9 Å². The van der Waals surface area contributed by atoms with Crippen molar-refractivity contribution in [3.05, 3.63) is 38.9 Å². The first kappa shape index (κ1) is 13.1. The highest BCUT2D eigenvalue weighted by Gasteiger charge is 2.08. The van der Waals surface area contributed by atoms with Crippen molar-refractivity contribution in [1.29, 1.82) is 0 Å². The molecule has 1 amide bonds. The number of amides is 1. The molecule has 2 N–H and O–H groups in total. The van der Waals surface area contributed by atoms with Crippen LogP contribution in [0.15, 0.2) is 23.0 Å². The van der Waals surface area contributed by atoms with Crippen LogP contribution in [0.2, 0.25) is 0 Å². The summed E-state index contributed by atoms with van der Waals surface area (Å²) >= 11 is 5.03. The van der Waals surface area contributed by atoms with E-state index in [4.69, 9.17) is 18.6 Å². The van der Waals surface area contributed by atoms with Crippen molar-refractivity contribution in [2.75, 3.05) is 6.54 Å². The Morgan fingerprint density at radius 1 is 1.58 bits per heavy atom. The predicted molar refractivity (Wildman–Crippen MR) is 75.5 cm³/mol. The molecule has 6 heteroatoms. The molecular formula is C13H11N3O2S. The van der Waals surface area contributed by atoms with Crippen LogP contribution in [0.4, 0.5) is 0 Å². The molecule has 0 atom stereocenters. The molecule has 96 valence electrons. The number of hydrogen-bond donors (Lipinski definition) is 2. The normalized spacial score (nSPS) is 10.1. The number of terminal acetylenes is 1. The maximum atomic E-state index is 12.0. The van der Waals surface area contributed by atoms with Gasteiger partial charge >= 0.3 is 0 Å². The van der Waals surface area contributed by atoms with Gasteiger partial charge in [-0.3, -0.25) is 14.2 Å². The molecule has 0 radical (unpaired) electrons. The second kappa shape index (κ2) is 5.08. The highest BCUT2D eigenvalue weighted by Crippen LogP contribution is 2.10. The Hall–Kier alpha value is -2.39. The number of fused-ring (bicyclic) bond motifs is 1. The lowest BCUT2D eigenvalue weighted by molar-refractivity contribution is 0.0959. The van der Waals surface area contributed by atoms with E-state index in [1.165, 1.54) is 4.57 Å². The van der Waals surface area contributed by atoms with E-state index in [1.54, 1.807) is 25.2 Å². The maximum absolute atomic E-state index is 12.0. The van der Waals surface area contributed by atoms with Gasteiger partial charge in [-0.05, 0) is 30.4 Å². The van der Waals surface area contributed by atoms with Crippen molar-refractivity contribution in [3.63, 3.8) is 0 Å². The van der Waals surface area contributed by atoms with Gasteiger partial charge in [-0.2, -0.15) is 0 Å². The van der Waals surface area contributed by atoms with Crippen molar-refractivity contribution >= 4 is 29.0 Å². The molecule has 5 nitrogen and oxygen atoms in total. The summed E-state index contributed by atoms with van der Waals surface area (Å²) in [5, 5.41) is 3.03. The number of aromatic nitrogens is 2. The summed E-state index contributed by atoms with van der Waals surface area (Å²) in [6.07, 6.45) is 5.07. The third-order valence-corrected chi connectivity index (χ3v) is 3.09. The van der Waals surface area contributed by atoms with Crippen molar-refractivity contribution in [1.82, 2.24) is 14.9 Å². The van der Waals surface area contributed by atoms with E-state index in [9.17, 15) is 9.59 Å². The Morgan fingerprint density at radius 2 is 2.32 bits per heavy atom. The van der Waals surface area contributed by atoms with Crippen molar-refractivity contribution in [3.8, 4) is 12.3 Å². The quantitative estimate of drug-likeness (QED) is 0.632. The standard InChI is InChI=1S/C13H11N3O2S/c1-3-6-14-11(17)8-4-5-9-10(7-8)15-13(19)16(2)12(9)18/h1,4-5,7H,6H2,2H3,(H,14,17)(H,15,19). The molecule has 0 saturated carbocycles. The third kappa shape index (κ3) is 2.41. The molecule has 1 aromatic heterocycles. The molecule has 0 spiro atoms. The number of H-pyrrole nitrogens is 1. The number of carbonyl (C=O) groups excluding carboxylic acids is 1. The van der Waals surface area contributed by atoms with Gasteiger partial charge in [0.15, 0.2) is 4.77 Å². The van der Waals surface area contributed by atoms with Gasteiger partial charge in [-0.25, -0.2) is 0 Å². The summed E-state index contributed by atoms with van der Waals surface area (Å²) in [5.41, 5.74) is 0.748. The van der Waals surface area contributed by atoms with Gasteiger partial charge in [-0.1, -0.05) is 5.92 Å². The number of nitrogens with one attached hydrogen (secondary N) is 2. The number of aromatic amines is 1. The highest BCUT2D eigenvalue weighted by atomic mass is 32.1. The summed E-state index contributed by atoms with van der Waals surface area (Å²) in [6.45, 7) is 0.156. The molecule has 2 aromatic rings. The van der Waals surface area contributed by atoms with Gasteiger partial charge < -0.3 is 10.3 Å². The molecular weight excluding hydrogens is 262 g/mol. The Balaban J connectivity index is 2.56. The lowest BCUT2D eigenvalue weighted by atomic mass is 10.1. The van der Waals surface area contributed by atoms with Gasteiger partial charge in [0.2, 0.25) is 0 Å². The van der Waals surface area contributed by atoms with Crippen molar-refractivity contribution < 1.29 is 4.79 Å². The first-order valence-corrected chi connectivity index (χ1v) is 5.90. The fraction of sp³-hybridized carbons (Fsp3) is 0.154. The molecule has 1 aromatic carbocycles. The van der Waals surface area contributed by atoms with E-state index in [0.717, 1.165) is 0 Å². The van der Waals surface area contributed by atoms with E-state index >= 15 is 0 Å². The molecule has 1 heterocycles. The Labute approximate surface area is 114 Å². The molecule has 0 bridgehead atoms. The predicted octanol–water partition coefficient (Wildman–Crippen LogP) is 0.959. The number of hydrogen-bond acceptors (Lipinski definition) is 3. The average Bonchev–Trinajstić information content (AvgIpc) is 2.41. The molecule has 0 aliphatic carbocycles. The van der Waals surface area contributed by atoms with Crippen LogP contribution >= 0.6 is 12.2 Å². The van der Waals surface area contributed by atoms with Crippen molar-refractivity contribution in [2.24, 2.45) is 7.05 Å². The summed E-state index contributed by atoms with van der Waals surface area (Å²) < 4.78 is 1.65. The molecule has 2 rings (SSSR count). The van der Waals surface area contributed by atoms with Gasteiger partial charge in [0.25, 0.3) is 11.5 Å². The first-order chi connectivity index (χ1) is 9.04. The number of carbonyl (C=O) groups is 1. The summed E-state index contributed by atoms with van der Waals surface area (Å²) in [7, 11) is 1.59. The Kier molecular flexibility index (Phi) is 3.49. The van der Waals surface area contributed by atoms with E-state index in [0.29, 0.717) is 21.2 Å². The summed E-state index contributed by atoms with van der Waals surface area (Å²) in [4.78, 5) is 26.6. The van der Waals surface area contributed by atoms with E-state index in [2.05, 4.69) is 16.2 Å². The van der Waals surface area contributed by atoms with Crippen LogP contribution in [0.3, 0.4) is 0 Å². The fourth-order valence-electron chi connectivity index (χ4n) is 1.68. The van der Waals surface area contributed by atoms with Gasteiger partial charge in [-0.15, -0.1) is 6.42 Å². The van der Waals surface area contributed by atoms with Crippen LogP contribution in [0.1, 0.15) is 10.4 Å². The molecule has 0 saturated heterocycles. The third-order valence-electron chi connectivity index (χ3n) is 2.71. The molecule has 0 unspecified atom stereocenters. The minimum atomic E-state index is -0.292. The molecule has 19 heavy (non-hydrogen) atoms. The van der Waals surface area contributed by atoms with E-state index in [-0.39, 0.29) is 18.0 Å². The minimum Gasteiger partial charge on any atom is -0.341 e. The number of benzene rings is 1. The first-order valence-electron chi connectivity index (χ1n) is 5.49. The van der Waals surface area contributed by atoms with E-state index < -0.39 is 0 Å². The van der Waals surface area contributed by atoms with Crippen molar-refractivity contribution in [2.45, 2.75) is 0 Å². The van der Waals surface area contributed by atoms with Crippen LogP contribution in [0.5, 0.6) is 0 Å². The van der Waals surface area contributed by atoms with E-state index in [1.807, 2.05) is 0 Å². The topological polar surface area (TPSA) is 66.9 Å². The van der Waals surface area contributed by atoms with Gasteiger partial charge in [0, 0.05) is 12.6 Å². The fourth-order valence-corrected chi connectivity index (χ4v) is 1.87. The largest absolute Gasteiger partial charge is 0.341 e. The summed E-state index contributed by atoms with van der Waals surface area (Å²) in [6, 6.07) is 4.75. The van der Waals surface area contributed by atoms with Crippen LogP contribution in [-0.4, -0.2) is 22.0 Å². The lowest BCUT2D eigenvalue weighted by Gasteiger charge is -2.05. The Morgan fingerprint density at radius 3 is 3.00 bits per heavy atom. The molecule has 0 fully saturated rings. The zero-order valence-corrected chi connectivity index (χ0v) is 11.0. The Bertz CT molecular complexity index is 811. The zero-order valence-electron chi connectivity index (χ0n) is 10.2. The second-order valence-corrected chi connectivity index (χ2v) is 4.33. The minimum absolute atomic E-state index is 0.156. The number of rotatable bonds is 2. The highest BCUT2D eigenvalue weighted by molar-refractivity contribution is 7.71. The van der Waals surface area contributed by atoms with Crippen LogP contribution in [-0.2, 0) is 7.05 Å². The second-order valence-electron chi connectivity index (χ2n) is 3.94. The molecule has 0 aliphatic rings.